The Labute approximate surface area is 95.7 Å². The van der Waals surface area contributed by atoms with Crippen molar-refractivity contribution in [2.24, 2.45) is 0 Å². The van der Waals surface area contributed by atoms with Crippen LogP contribution in [0, 0.1) is 0 Å². The Balaban J connectivity index is 2.39. The number of hydrogen-bond acceptors (Lipinski definition) is 1. The molecule has 1 aromatic heterocycles. The van der Waals surface area contributed by atoms with Gasteiger partial charge >= 0.3 is 0 Å². The fourth-order valence-corrected chi connectivity index (χ4v) is 2.33. The third kappa shape index (κ3) is 1.51. The summed E-state index contributed by atoms with van der Waals surface area (Å²) >= 11 is 3.44. The largest absolute Gasteiger partial charge is 0.305 e. The smallest absolute Gasteiger partial charge is 0.251 e. The molecular weight excluding hydrogens is 254 g/mol. The zero-order valence-corrected chi connectivity index (χ0v) is 9.70. The van der Waals surface area contributed by atoms with Crippen LogP contribution in [0.25, 0.3) is 10.9 Å². The van der Waals surface area contributed by atoms with Crippen molar-refractivity contribution in [1.82, 2.24) is 4.57 Å². The van der Waals surface area contributed by atoms with E-state index in [9.17, 15) is 4.79 Å². The Bertz CT molecular complexity index is 584. The van der Waals surface area contributed by atoms with Gasteiger partial charge in [-0.3, -0.25) is 4.79 Å². The Kier molecular flexibility index (Phi) is 1.96. The van der Waals surface area contributed by atoms with Gasteiger partial charge in [-0.1, -0.05) is 15.9 Å². The van der Waals surface area contributed by atoms with Crippen LogP contribution in [0.3, 0.4) is 0 Å². The van der Waals surface area contributed by atoms with Crippen LogP contribution in [-0.2, 0) is 0 Å². The molecule has 1 aliphatic rings. The van der Waals surface area contributed by atoms with Gasteiger partial charge in [0.25, 0.3) is 5.56 Å². The van der Waals surface area contributed by atoms with E-state index in [0.29, 0.717) is 6.04 Å². The van der Waals surface area contributed by atoms with Crippen molar-refractivity contribution in [3.05, 3.63) is 45.2 Å². The predicted octanol–water partition coefficient (Wildman–Crippen LogP) is 3.10. The number of nitrogens with zero attached hydrogens (tertiary/aromatic N) is 1. The van der Waals surface area contributed by atoms with Crippen molar-refractivity contribution in [3.8, 4) is 0 Å². The van der Waals surface area contributed by atoms with Crippen LogP contribution in [0.5, 0.6) is 0 Å². The fourth-order valence-electron chi connectivity index (χ4n) is 1.95. The second-order valence-corrected chi connectivity index (χ2v) is 4.89. The third-order valence-electron chi connectivity index (χ3n) is 2.80. The number of pyridine rings is 1. The van der Waals surface area contributed by atoms with E-state index < -0.39 is 0 Å². The first kappa shape index (κ1) is 9.16. The maximum atomic E-state index is 11.8. The van der Waals surface area contributed by atoms with Crippen molar-refractivity contribution in [2.45, 2.75) is 18.9 Å². The van der Waals surface area contributed by atoms with E-state index in [1.165, 1.54) is 0 Å². The van der Waals surface area contributed by atoms with Crippen LogP contribution >= 0.6 is 15.9 Å². The molecule has 0 unspecified atom stereocenters. The van der Waals surface area contributed by atoms with Crippen molar-refractivity contribution >= 4 is 26.8 Å². The quantitative estimate of drug-likeness (QED) is 0.775. The molecule has 1 aromatic carbocycles. The van der Waals surface area contributed by atoms with E-state index in [4.69, 9.17) is 0 Å². The SMILES string of the molecule is O=c1ccc2cc(Br)ccc2n1C1CC1. The Hall–Kier alpha value is -1.09. The summed E-state index contributed by atoms with van der Waals surface area (Å²) in [5.41, 5.74) is 1.17. The van der Waals surface area contributed by atoms with Crippen LogP contribution in [0.15, 0.2) is 39.6 Å². The van der Waals surface area contributed by atoms with Gasteiger partial charge in [-0.2, -0.15) is 0 Å². The molecule has 0 bridgehead atoms. The van der Waals surface area contributed by atoms with Gasteiger partial charge in [-0.15, -0.1) is 0 Å². The summed E-state index contributed by atoms with van der Waals surface area (Å²) in [7, 11) is 0. The molecule has 1 saturated carbocycles. The van der Waals surface area contributed by atoms with Crippen molar-refractivity contribution in [1.29, 1.82) is 0 Å². The van der Waals surface area contributed by atoms with Crippen molar-refractivity contribution < 1.29 is 0 Å². The lowest BCUT2D eigenvalue weighted by atomic mass is 10.2. The molecular formula is C12H10BrNO. The summed E-state index contributed by atoms with van der Waals surface area (Å²) in [6, 6.07) is 10.0. The van der Waals surface area contributed by atoms with E-state index in [2.05, 4.69) is 15.9 Å². The van der Waals surface area contributed by atoms with E-state index in [-0.39, 0.29) is 5.56 Å². The van der Waals surface area contributed by atoms with Crippen LogP contribution in [0.1, 0.15) is 18.9 Å². The van der Waals surface area contributed by atoms with Gasteiger partial charge in [-0.05, 0) is 42.5 Å². The summed E-state index contributed by atoms with van der Waals surface area (Å²) < 4.78 is 2.97. The lowest BCUT2D eigenvalue weighted by molar-refractivity contribution is 0.739. The molecule has 0 N–H and O–H groups in total. The highest BCUT2D eigenvalue weighted by Gasteiger charge is 2.25. The first-order valence-corrected chi connectivity index (χ1v) is 5.86. The summed E-state index contributed by atoms with van der Waals surface area (Å²) in [6.07, 6.45) is 2.27. The molecule has 3 rings (SSSR count). The second kappa shape index (κ2) is 3.20. The fraction of sp³-hybridized carbons (Fsp3) is 0.250. The van der Waals surface area contributed by atoms with Gasteiger partial charge in [0.15, 0.2) is 0 Å². The Morgan fingerprint density at radius 1 is 1.20 bits per heavy atom. The number of benzene rings is 1. The molecule has 0 radical (unpaired) electrons. The number of rotatable bonds is 1. The molecule has 2 nitrogen and oxygen atoms in total. The lowest BCUT2D eigenvalue weighted by Crippen LogP contribution is -2.17. The van der Waals surface area contributed by atoms with Gasteiger partial charge in [0.1, 0.15) is 0 Å². The molecule has 3 heteroatoms. The third-order valence-corrected chi connectivity index (χ3v) is 3.30. The number of fused-ring (bicyclic) bond motifs is 1. The standard InChI is InChI=1S/C12H10BrNO/c13-9-2-5-11-8(7-9)1-6-12(15)14(11)10-3-4-10/h1-2,5-7,10H,3-4H2. The van der Waals surface area contributed by atoms with E-state index in [1.54, 1.807) is 6.07 Å². The molecule has 0 saturated heterocycles. The lowest BCUT2D eigenvalue weighted by Gasteiger charge is -2.08. The normalized spacial score (nSPS) is 15.8. The number of aromatic nitrogens is 1. The molecule has 1 heterocycles. The highest BCUT2D eigenvalue weighted by atomic mass is 79.9. The molecule has 2 aromatic rings. The topological polar surface area (TPSA) is 22.0 Å². The average Bonchev–Trinajstić information content (AvgIpc) is 3.02. The monoisotopic (exact) mass is 263 g/mol. The van der Waals surface area contributed by atoms with Crippen LogP contribution in [-0.4, -0.2) is 4.57 Å². The van der Waals surface area contributed by atoms with Crippen molar-refractivity contribution in [2.75, 3.05) is 0 Å². The zero-order valence-electron chi connectivity index (χ0n) is 8.11. The maximum absolute atomic E-state index is 11.8. The Morgan fingerprint density at radius 3 is 2.73 bits per heavy atom. The van der Waals surface area contributed by atoms with E-state index >= 15 is 0 Å². The van der Waals surface area contributed by atoms with E-state index in [1.807, 2.05) is 28.8 Å². The number of halogens is 1. The maximum Gasteiger partial charge on any atom is 0.251 e. The van der Waals surface area contributed by atoms with Crippen LogP contribution < -0.4 is 5.56 Å². The summed E-state index contributed by atoms with van der Waals surface area (Å²) in [6.45, 7) is 0. The van der Waals surface area contributed by atoms with Gasteiger partial charge in [-0.25, -0.2) is 0 Å². The summed E-state index contributed by atoms with van der Waals surface area (Å²) in [5, 5.41) is 1.12. The molecule has 15 heavy (non-hydrogen) atoms. The van der Waals surface area contributed by atoms with Crippen molar-refractivity contribution in [3.63, 3.8) is 0 Å². The molecule has 1 fully saturated rings. The van der Waals surface area contributed by atoms with Gasteiger partial charge < -0.3 is 4.57 Å². The second-order valence-electron chi connectivity index (χ2n) is 3.98. The zero-order chi connectivity index (χ0) is 10.4. The highest BCUT2D eigenvalue weighted by molar-refractivity contribution is 9.10. The van der Waals surface area contributed by atoms with Gasteiger partial charge in [0.05, 0.1) is 5.52 Å². The Morgan fingerprint density at radius 2 is 2.00 bits per heavy atom. The predicted molar refractivity (Wildman–Crippen MR) is 64.2 cm³/mol. The molecule has 0 spiro atoms. The van der Waals surface area contributed by atoms with E-state index in [0.717, 1.165) is 28.2 Å². The summed E-state index contributed by atoms with van der Waals surface area (Å²) in [4.78, 5) is 11.8. The molecule has 0 atom stereocenters. The molecule has 0 amide bonds. The first-order chi connectivity index (χ1) is 7.25. The molecule has 0 aliphatic heterocycles. The molecule has 1 aliphatic carbocycles. The first-order valence-electron chi connectivity index (χ1n) is 5.06. The molecule has 76 valence electrons. The number of hydrogen-bond donors (Lipinski definition) is 0. The summed E-state index contributed by atoms with van der Waals surface area (Å²) in [5.74, 6) is 0. The van der Waals surface area contributed by atoms with Crippen LogP contribution in [0.2, 0.25) is 0 Å². The highest BCUT2D eigenvalue weighted by Crippen LogP contribution is 2.35. The van der Waals surface area contributed by atoms with Gasteiger partial charge in [0.2, 0.25) is 0 Å². The van der Waals surface area contributed by atoms with Gasteiger partial charge in [0, 0.05) is 16.6 Å². The minimum atomic E-state index is 0.118. The minimum Gasteiger partial charge on any atom is -0.305 e. The average molecular weight is 264 g/mol. The van der Waals surface area contributed by atoms with Crippen LogP contribution in [0.4, 0.5) is 0 Å². The minimum absolute atomic E-state index is 0.118.